The van der Waals surface area contributed by atoms with Gasteiger partial charge in [-0.1, -0.05) is 37.3 Å². The van der Waals surface area contributed by atoms with Gasteiger partial charge in [-0.3, -0.25) is 9.69 Å². The van der Waals surface area contributed by atoms with Crippen LogP contribution in [0.4, 0.5) is 16.2 Å². The first-order chi connectivity index (χ1) is 22.8. The van der Waals surface area contributed by atoms with Gasteiger partial charge in [0.2, 0.25) is 11.9 Å². The molecule has 1 aliphatic carbocycles. The molecule has 3 atom stereocenters. The highest BCUT2D eigenvalue weighted by molar-refractivity contribution is 7.99. The summed E-state index contributed by atoms with van der Waals surface area (Å²) in [4.78, 5) is 35.5. The molecular weight excluding hydrogens is 616 g/mol. The molecule has 12 heteroatoms. The summed E-state index contributed by atoms with van der Waals surface area (Å²) in [6.45, 7) is 7.98. The van der Waals surface area contributed by atoms with Gasteiger partial charge < -0.3 is 25.3 Å². The van der Waals surface area contributed by atoms with Crippen molar-refractivity contribution in [2.45, 2.75) is 44.6 Å². The van der Waals surface area contributed by atoms with Crippen molar-refractivity contribution in [2.24, 2.45) is 5.92 Å². The van der Waals surface area contributed by atoms with Crippen molar-refractivity contribution < 1.29 is 13.9 Å². The van der Waals surface area contributed by atoms with Gasteiger partial charge in [0.1, 0.15) is 11.9 Å². The number of amides is 1. The molecule has 6 rings (SSSR count). The van der Waals surface area contributed by atoms with Gasteiger partial charge in [0, 0.05) is 55.7 Å². The number of carbonyl (C=O) groups is 1. The highest BCUT2D eigenvalue weighted by Crippen LogP contribution is 2.37. The lowest BCUT2D eigenvalue weighted by atomic mass is 9.93. The number of carbonyl (C=O) groups excluding carboxylic acids is 1. The van der Waals surface area contributed by atoms with Gasteiger partial charge in [-0.15, -0.1) is 0 Å². The van der Waals surface area contributed by atoms with Crippen molar-refractivity contribution in [3.63, 3.8) is 0 Å². The average Bonchev–Trinajstić information content (AvgIpc) is 3.52. The third kappa shape index (κ3) is 7.51. The number of hydrogen-bond acceptors (Lipinski definition) is 9. The number of nitrogens with one attached hydrogen (secondary N) is 3. The number of allylic oxidation sites excluding steroid dienone is 1. The van der Waals surface area contributed by atoms with Gasteiger partial charge in [0.25, 0.3) is 0 Å². The van der Waals surface area contributed by atoms with Crippen molar-refractivity contribution in [2.75, 3.05) is 56.7 Å². The molecule has 2 unspecified atom stereocenters. The molecule has 0 saturated carbocycles. The van der Waals surface area contributed by atoms with Crippen LogP contribution in [0.1, 0.15) is 30.9 Å². The summed E-state index contributed by atoms with van der Waals surface area (Å²) >= 11 is 1.53. The highest BCUT2D eigenvalue weighted by Gasteiger charge is 2.30. The number of likely N-dealkylation sites (N-methyl/N-ethyl adjacent to an activating group) is 1. The van der Waals surface area contributed by atoms with Crippen LogP contribution in [0.15, 0.2) is 66.5 Å². The number of pyridine rings is 1. The average molecular weight is 659 g/mol. The first-order valence-corrected chi connectivity index (χ1v) is 17.5. The van der Waals surface area contributed by atoms with Gasteiger partial charge in [0.15, 0.2) is 5.82 Å². The SMILES string of the molecule is CSC1CC[C@@H](C)C(Nc2ncc(C)c(-c3c[nH]c4c(NC(=O)C(COCc5ccccc5)N5CCN(C)CC5)nccc34)n2)=C1F. The molecule has 1 aliphatic heterocycles. The minimum Gasteiger partial charge on any atom is -0.375 e. The molecule has 2 aliphatic rings. The van der Waals surface area contributed by atoms with Crippen molar-refractivity contribution in [3.05, 3.63) is 77.6 Å². The van der Waals surface area contributed by atoms with Crippen LogP contribution in [0.3, 0.4) is 0 Å². The summed E-state index contributed by atoms with van der Waals surface area (Å²) in [6, 6.07) is 11.4. The first kappa shape index (κ1) is 33.1. The molecule has 0 spiro atoms. The number of benzene rings is 1. The van der Waals surface area contributed by atoms with Gasteiger partial charge in [0.05, 0.1) is 35.4 Å². The minimum atomic E-state index is -0.473. The fourth-order valence-corrected chi connectivity index (χ4v) is 6.97. The molecule has 1 fully saturated rings. The topological polar surface area (TPSA) is 111 Å². The molecule has 3 aromatic heterocycles. The standard InChI is InChI=1S/C35H43FN8O2S/c1-22-10-11-28(47-4)29(36)31(22)41-35-39-18-23(2)30(40-35)26-19-38-32-25(26)12-13-37-33(32)42-34(45)27(44-16-14-43(3)15-17-44)21-46-20-24-8-6-5-7-9-24/h5-9,12-13,18-19,22,27-28,38H,10-11,14-17,20-21H2,1-4H3,(H,37,42,45)(H,39,40,41)/t22-,27?,28?/m1/s1. The Bertz CT molecular complexity index is 1720. The van der Waals surface area contributed by atoms with Crippen LogP contribution in [0, 0.1) is 12.8 Å². The van der Waals surface area contributed by atoms with Crippen LogP contribution in [0.2, 0.25) is 0 Å². The first-order valence-electron chi connectivity index (χ1n) is 16.2. The minimum absolute atomic E-state index is 0.0514. The summed E-state index contributed by atoms with van der Waals surface area (Å²) < 4.78 is 21.4. The smallest absolute Gasteiger partial charge is 0.245 e. The molecule has 0 radical (unpaired) electrons. The Morgan fingerprint density at radius 2 is 1.94 bits per heavy atom. The highest BCUT2D eigenvalue weighted by atomic mass is 32.2. The molecule has 1 aromatic carbocycles. The molecule has 4 heterocycles. The number of rotatable bonds is 11. The monoisotopic (exact) mass is 658 g/mol. The quantitative estimate of drug-likeness (QED) is 0.183. The van der Waals surface area contributed by atoms with Crippen LogP contribution >= 0.6 is 11.8 Å². The molecule has 47 heavy (non-hydrogen) atoms. The van der Waals surface area contributed by atoms with Gasteiger partial charge in [-0.2, -0.15) is 11.8 Å². The maximum atomic E-state index is 15.3. The van der Waals surface area contributed by atoms with Crippen molar-refractivity contribution in [1.82, 2.24) is 29.7 Å². The number of hydrogen-bond donors (Lipinski definition) is 3. The predicted octanol–water partition coefficient (Wildman–Crippen LogP) is 5.85. The summed E-state index contributed by atoms with van der Waals surface area (Å²) in [5, 5.41) is 7.00. The van der Waals surface area contributed by atoms with E-state index in [1.54, 1.807) is 12.4 Å². The lowest BCUT2D eigenvalue weighted by molar-refractivity contribution is -0.124. The summed E-state index contributed by atoms with van der Waals surface area (Å²) in [5.74, 6) is 0.560. The number of H-pyrrole nitrogens is 1. The van der Waals surface area contributed by atoms with Crippen LogP contribution in [-0.2, 0) is 16.1 Å². The van der Waals surface area contributed by atoms with Crippen molar-refractivity contribution >= 4 is 40.3 Å². The second-order valence-electron chi connectivity index (χ2n) is 12.4. The largest absolute Gasteiger partial charge is 0.375 e. The molecule has 10 nitrogen and oxygen atoms in total. The van der Waals surface area contributed by atoms with E-state index < -0.39 is 6.04 Å². The number of aryl methyl sites for hydroxylation is 1. The van der Waals surface area contributed by atoms with E-state index in [1.807, 2.05) is 62.7 Å². The fourth-order valence-electron chi connectivity index (χ4n) is 6.27. The number of halogens is 1. The van der Waals surface area contributed by atoms with E-state index in [4.69, 9.17) is 9.72 Å². The lowest BCUT2D eigenvalue weighted by Gasteiger charge is -2.37. The zero-order valence-electron chi connectivity index (χ0n) is 27.4. The van der Waals surface area contributed by atoms with E-state index in [2.05, 4.69) is 42.4 Å². The molecule has 3 N–H and O–H groups in total. The summed E-state index contributed by atoms with van der Waals surface area (Å²) in [5.41, 5.74) is 4.75. The molecular formula is C35H43FN8O2S. The molecule has 1 saturated heterocycles. The normalized spacial score (nSPS) is 20.0. The number of aromatic nitrogens is 4. The third-order valence-electron chi connectivity index (χ3n) is 9.16. The van der Waals surface area contributed by atoms with Crippen LogP contribution in [0.5, 0.6) is 0 Å². The van der Waals surface area contributed by atoms with Gasteiger partial charge in [-0.25, -0.2) is 19.3 Å². The Morgan fingerprint density at radius 1 is 1.15 bits per heavy atom. The third-order valence-corrected chi connectivity index (χ3v) is 10.2. The Balaban J connectivity index is 1.23. The Kier molecular flexibility index (Phi) is 10.5. The van der Waals surface area contributed by atoms with Crippen molar-refractivity contribution in [1.29, 1.82) is 0 Å². The molecule has 4 aromatic rings. The Labute approximate surface area is 279 Å². The van der Waals surface area contributed by atoms with Crippen LogP contribution in [-0.4, -0.2) is 93.0 Å². The second-order valence-corrected chi connectivity index (χ2v) is 13.5. The van der Waals surface area contributed by atoms with Crippen LogP contribution < -0.4 is 10.6 Å². The number of aromatic amines is 1. The fraction of sp³-hybridized carbons (Fsp3) is 0.429. The number of ether oxygens (including phenoxy) is 1. The number of thioether (sulfide) groups is 1. The van der Waals surface area contributed by atoms with E-state index >= 15 is 4.39 Å². The van der Waals surface area contributed by atoms with Crippen molar-refractivity contribution in [3.8, 4) is 11.3 Å². The summed E-state index contributed by atoms with van der Waals surface area (Å²) in [7, 11) is 2.09. The number of piperazine rings is 1. The zero-order valence-corrected chi connectivity index (χ0v) is 28.2. The van der Waals surface area contributed by atoms with E-state index in [0.717, 1.165) is 61.1 Å². The van der Waals surface area contributed by atoms with Gasteiger partial charge >= 0.3 is 0 Å². The van der Waals surface area contributed by atoms with E-state index in [1.165, 1.54) is 11.8 Å². The van der Waals surface area contributed by atoms with Crippen LogP contribution in [0.25, 0.3) is 22.2 Å². The second kappa shape index (κ2) is 14.9. The Morgan fingerprint density at radius 3 is 2.70 bits per heavy atom. The summed E-state index contributed by atoms with van der Waals surface area (Å²) in [6.07, 6.45) is 8.97. The van der Waals surface area contributed by atoms with E-state index in [0.29, 0.717) is 35.3 Å². The molecule has 248 valence electrons. The predicted molar refractivity (Wildman–Crippen MR) is 187 cm³/mol. The zero-order chi connectivity index (χ0) is 32.9. The molecule has 0 bridgehead atoms. The maximum absolute atomic E-state index is 15.3. The Hall–Kier alpha value is -3.84. The lowest BCUT2D eigenvalue weighted by Crippen LogP contribution is -2.54. The maximum Gasteiger partial charge on any atom is 0.245 e. The number of nitrogens with zero attached hydrogens (tertiary/aromatic N) is 5. The molecule has 1 amide bonds. The van der Waals surface area contributed by atoms with E-state index in [9.17, 15) is 4.79 Å². The van der Waals surface area contributed by atoms with E-state index in [-0.39, 0.29) is 29.5 Å². The van der Waals surface area contributed by atoms with Gasteiger partial charge in [-0.05, 0) is 56.2 Å². The number of anilines is 2. The number of fused-ring (bicyclic) bond motifs is 1.